The van der Waals surface area contributed by atoms with Crippen LogP contribution in [0.5, 0.6) is 0 Å². The zero-order valence-electron chi connectivity index (χ0n) is 10.3. The van der Waals surface area contributed by atoms with Gasteiger partial charge in [0.15, 0.2) is 0 Å². The minimum absolute atomic E-state index is 0.232. The van der Waals surface area contributed by atoms with E-state index in [0.717, 1.165) is 0 Å². The molecule has 4 nitrogen and oxygen atoms in total. The predicted octanol–water partition coefficient (Wildman–Crippen LogP) is 4.21. The molecular formula is C12H11Cl2N3OS. The number of hydrogen-bond acceptors (Lipinski definition) is 3. The van der Waals surface area contributed by atoms with E-state index >= 15 is 0 Å². The molecule has 2 aromatic rings. The summed E-state index contributed by atoms with van der Waals surface area (Å²) in [5.41, 5.74) is 1.80. The molecule has 0 saturated carbocycles. The SMILES string of the molecule is CN(C)C(=O)Nc1csnc1-c1c(Cl)cccc1Cl. The predicted molar refractivity (Wildman–Crippen MR) is 80.3 cm³/mol. The molecular weight excluding hydrogens is 305 g/mol. The fraction of sp³-hybridized carbons (Fsp3) is 0.167. The normalized spacial score (nSPS) is 10.3. The molecule has 0 saturated heterocycles. The smallest absolute Gasteiger partial charge is 0.321 e. The van der Waals surface area contributed by atoms with Crippen molar-refractivity contribution in [2.45, 2.75) is 0 Å². The number of nitrogens with one attached hydrogen (secondary N) is 1. The van der Waals surface area contributed by atoms with Gasteiger partial charge in [0, 0.05) is 25.0 Å². The van der Waals surface area contributed by atoms with E-state index in [-0.39, 0.29) is 6.03 Å². The first-order valence-corrected chi connectivity index (χ1v) is 6.97. The Morgan fingerprint density at radius 3 is 2.53 bits per heavy atom. The average Bonchev–Trinajstić information content (AvgIpc) is 2.77. The van der Waals surface area contributed by atoms with Crippen LogP contribution in [0.4, 0.5) is 10.5 Å². The molecule has 0 unspecified atom stereocenters. The molecule has 0 spiro atoms. The van der Waals surface area contributed by atoms with Gasteiger partial charge in [-0.1, -0.05) is 29.3 Å². The van der Waals surface area contributed by atoms with Crippen LogP contribution in [-0.2, 0) is 0 Å². The summed E-state index contributed by atoms with van der Waals surface area (Å²) in [7, 11) is 3.33. The Bertz CT molecular complexity index is 593. The van der Waals surface area contributed by atoms with Gasteiger partial charge in [-0.3, -0.25) is 0 Å². The van der Waals surface area contributed by atoms with Gasteiger partial charge >= 0.3 is 6.03 Å². The van der Waals surface area contributed by atoms with Crippen LogP contribution in [0.15, 0.2) is 23.6 Å². The summed E-state index contributed by atoms with van der Waals surface area (Å²) in [6.45, 7) is 0. The van der Waals surface area contributed by atoms with Crippen molar-refractivity contribution in [3.8, 4) is 11.3 Å². The minimum Gasteiger partial charge on any atom is -0.331 e. The first-order valence-electron chi connectivity index (χ1n) is 5.37. The number of amides is 2. The number of carbonyl (C=O) groups excluding carboxylic acids is 1. The van der Waals surface area contributed by atoms with Crippen LogP contribution in [0.25, 0.3) is 11.3 Å². The number of aromatic nitrogens is 1. The van der Waals surface area contributed by atoms with Crippen molar-refractivity contribution in [1.82, 2.24) is 9.27 Å². The summed E-state index contributed by atoms with van der Waals surface area (Å²) in [6.07, 6.45) is 0. The molecule has 0 aliphatic rings. The zero-order chi connectivity index (χ0) is 14.0. The van der Waals surface area contributed by atoms with Gasteiger partial charge in [-0.25, -0.2) is 4.79 Å². The first-order chi connectivity index (χ1) is 9.00. The molecule has 0 radical (unpaired) electrons. The summed E-state index contributed by atoms with van der Waals surface area (Å²) in [5, 5.41) is 5.50. The van der Waals surface area contributed by atoms with Gasteiger partial charge in [0.1, 0.15) is 5.69 Å². The number of rotatable bonds is 2. The lowest BCUT2D eigenvalue weighted by atomic mass is 10.1. The van der Waals surface area contributed by atoms with E-state index < -0.39 is 0 Å². The highest BCUT2D eigenvalue weighted by molar-refractivity contribution is 7.04. The fourth-order valence-electron chi connectivity index (χ4n) is 1.46. The van der Waals surface area contributed by atoms with Crippen molar-refractivity contribution in [3.63, 3.8) is 0 Å². The third-order valence-electron chi connectivity index (χ3n) is 2.42. The van der Waals surface area contributed by atoms with E-state index in [4.69, 9.17) is 23.2 Å². The number of anilines is 1. The summed E-state index contributed by atoms with van der Waals surface area (Å²) >= 11 is 13.5. The van der Waals surface area contributed by atoms with Crippen molar-refractivity contribution in [3.05, 3.63) is 33.6 Å². The van der Waals surface area contributed by atoms with Gasteiger partial charge in [-0.2, -0.15) is 4.37 Å². The topological polar surface area (TPSA) is 45.2 Å². The van der Waals surface area contributed by atoms with E-state index in [1.165, 1.54) is 16.4 Å². The number of benzene rings is 1. The molecule has 19 heavy (non-hydrogen) atoms. The van der Waals surface area contributed by atoms with Crippen LogP contribution in [0.1, 0.15) is 0 Å². The molecule has 0 aliphatic carbocycles. The van der Waals surface area contributed by atoms with Crippen LogP contribution >= 0.6 is 34.7 Å². The highest BCUT2D eigenvalue weighted by Gasteiger charge is 2.17. The van der Waals surface area contributed by atoms with E-state index in [0.29, 0.717) is 27.0 Å². The van der Waals surface area contributed by atoms with Gasteiger partial charge in [0.2, 0.25) is 0 Å². The number of hydrogen-bond donors (Lipinski definition) is 1. The molecule has 0 fully saturated rings. The Labute approximate surface area is 125 Å². The van der Waals surface area contributed by atoms with Crippen molar-refractivity contribution in [1.29, 1.82) is 0 Å². The Kier molecular flexibility index (Phi) is 4.29. The van der Waals surface area contributed by atoms with Gasteiger partial charge in [-0.05, 0) is 23.7 Å². The van der Waals surface area contributed by atoms with Gasteiger partial charge in [-0.15, -0.1) is 0 Å². The second-order valence-corrected chi connectivity index (χ2v) is 5.44. The molecule has 1 aromatic carbocycles. The Morgan fingerprint density at radius 2 is 1.95 bits per heavy atom. The standard InChI is InChI=1S/C12H11Cl2N3OS/c1-17(2)12(18)15-9-6-19-16-11(9)10-7(13)4-3-5-8(10)14/h3-6H,1-2H3,(H,15,18). The highest BCUT2D eigenvalue weighted by atomic mass is 35.5. The zero-order valence-corrected chi connectivity index (χ0v) is 12.6. The van der Waals surface area contributed by atoms with E-state index in [1.54, 1.807) is 37.7 Å². The Balaban J connectivity index is 2.42. The van der Waals surface area contributed by atoms with E-state index in [1.807, 2.05) is 0 Å². The van der Waals surface area contributed by atoms with Gasteiger partial charge in [0.05, 0.1) is 15.7 Å². The monoisotopic (exact) mass is 315 g/mol. The van der Waals surface area contributed by atoms with Gasteiger partial charge in [0.25, 0.3) is 0 Å². The highest BCUT2D eigenvalue weighted by Crippen LogP contribution is 2.38. The average molecular weight is 316 g/mol. The van der Waals surface area contributed by atoms with Crippen molar-refractivity contribution in [2.24, 2.45) is 0 Å². The van der Waals surface area contributed by atoms with Crippen LogP contribution in [-0.4, -0.2) is 29.4 Å². The number of urea groups is 1. The maximum Gasteiger partial charge on any atom is 0.321 e. The third kappa shape index (κ3) is 3.00. The van der Waals surface area contributed by atoms with Crippen LogP contribution in [0.3, 0.4) is 0 Å². The van der Waals surface area contributed by atoms with Crippen LogP contribution < -0.4 is 5.32 Å². The van der Waals surface area contributed by atoms with E-state index in [2.05, 4.69) is 9.69 Å². The maximum absolute atomic E-state index is 11.7. The number of carbonyl (C=O) groups is 1. The third-order valence-corrected chi connectivity index (χ3v) is 3.68. The molecule has 2 rings (SSSR count). The molecule has 2 amide bonds. The van der Waals surface area contributed by atoms with Gasteiger partial charge < -0.3 is 10.2 Å². The molecule has 7 heteroatoms. The summed E-state index contributed by atoms with van der Waals surface area (Å²) in [6, 6.07) is 5.00. The summed E-state index contributed by atoms with van der Waals surface area (Å²) in [4.78, 5) is 13.1. The minimum atomic E-state index is -0.232. The Hall–Kier alpha value is -1.30. The Morgan fingerprint density at radius 1 is 1.32 bits per heavy atom. The molecule has 0 aliphatic heterocycles. The van der Waals surface area contributed by atoms with Crippen molar-refractivity contribution >= 4 is 46.5 Å². The van der Waals surface area contributed by atoms with Crippen LogP contribution in [0.2, 0.25) is 10.0 Å². The molecule has 0 bridgehead atoms. The first kappa shape index (κ1) is 14.1. The molecule has 100 valence electrons. The van der Waals surface area contributed by atoms with E-state index in [9.17, 15) is 4.79 Å². The largest absolute Gasteiger partial charge is 0.331 e. The summed E-state index contributed by atoms with van der Waals surface area (Å²) < 4.78 is 4.26. The summed E-state index contributed by atoms with van der Waals surface area (Å²) in [5.74, 6) is 0. The molecule has 1 heterocycles. The van der Waals surface area contributed by atoms with Crippen molar-refractivity contribution in [2.75, 3.05) is 19.4 Å². The lowest BCUT2D eigenvalue weighted by molar-refractivity contribution is 0.230. The lowest BCUT2D eigenvalue weighted by Crippen LogP contribution is -2.27. The number of halogens is 2. The van der Waals surface area contributed by atoms with Crippen molar-refractivity contribution < 1.29 is 4.79 Å². The molecule has 0 atom stereocenters. The quantitative estimate of drug-likeness (QED) is 0.902. The second-order valence-electron chi connectivity index (χ2n) is 4.00. The molecule has 1 aromatic heterocycles. The lowest BCUT2D eigenvalue weighted by Gasteiger charge is -2.12. The van der Waals surface area contributed by atoms with Crippen LogP contribution in [0, 0.1) is 0 Å². The maximum atomic E-state index is 11.7. The second kappa shape index (κ2) is 5.77. The fourth-order valence-corrected chi connectivity index (χ4v) is 2.66. The molecule has 1 N–H and O–H groups in total. The number of nitrogens with zero attached hydrogens (tertiary/aromatic N) is 2.